The number of rotatable bonds is 2. The van der Waals surface area contributed by atoms with Gasteiger partial charge in [0.1, 0.15) is 11.6 Å². The molecule has 2 N–H and O–H groups in total. The lowest BCUT2D eigenvalue weighted by molar-refractivity contribution is 0.181. The van der Waals surface area contributed by atoms with Crippen LogP contribution in [0.5, 0.6) is 0 Å². The van der Waals surface area contributed by atoms with Crippen molar-refractivity contribution in [2.45, 2.75) is 6.10 Å². The minimum Gasteiger partial charge on any atom is -0.466 e. The van der Waals surface area contributed by atoms with E-state index in [0.29, 0.717) is 11.6 Å². The Hall–Kier alpha value is -2.07. The van der Waals surface area contributed by atoms with Crippen LogP contribution in [0.1, 0.15) is 17.7 Å². The highest BCUT2D eigenvalue weighted by Gasteiger charge is 2.16. The number of nitrogens with zero attached hydrogens (tertiary/aromatic N) is 1. The molecule has 0 bridgehead atoms. The predicted molar refractivity (Wildman–Crippen MR) is 58.9 cm³/mol. The molecule has 4 heteroatoms. The SMILES string of the molecule is O[C@@H](c1nc2ccccc2[nH]1)c1ccco1. The maximum Gasteiger partial charge on any atom is 0.169 e. The first-order valence-electron chi connectivity index (χ1n) is 5.01. The molecular formula is C12H10N2O2. The molecule has 0 aliphatic carbocycles. The second-order valence-corrected chi connectivity index (χ2v) is 3.56. The number of nitrogens with one attached hydrogen (secondary N) is 1. The number of aromatic nitrogens is 2. The van der Waals surface area contributed by atoms with E-state index in [-0.39, 0.29) is 0 Å². The molecule has 1 aromatic carbocycles. The first-order valence-corrected chi connectivity index (χ1v) is 5.01. The number of aliphatic hydroxyl groups is 1. The van der Waals surface area contributed by atoms with Gasteiger partial charge in [-0.05, 0) is 24.3 Å². The molecule has 0 radical (unpaired) electrons. The Kier molecular flexibility index (Phi) is 2.01. The average Bonchev–Trinajstić information content (AvgIpc) is 2.97. The van der Waals surface area contributed by atoms with Gasteiger partial charge in [0.15, 0.2) is 6.10 Å². The van der Waals surface area contributed by atoms with Crippen molar-refractivity contribution in [3.05, 3.63) is 54.2 Å². The molecule has 0 saturated heterocycles. The van der Waals surface area contributed by atoms with Crippen LogP contribution < -0.4 is 0 Å². The van der Waals surface area contributed by atoms with Gasteiger partial charge in [0, 0.05) is 0 Å². The third kappa shape index (κ3) is 1.40. The van der Waals surface area contributed by atoms with Crippen molar-refractivity contribution in [3.63, 3.8) is 0 Å². The zero-order chi connectivity index (χ0) is 11.0. The van der Waals surface area contributed by atoms with Gasteiger partial charge in [0.2, 0.25) is 0 Å². The number of imidazole rings is 1. The van der Waals surface area contributed by atoms with E-state index in [2.05, 4.69) is 9.97 Å². The summed E-state index contributed by atoms with van der Waals surface area (Å²) in [5.74, 6) is 0.982. The molecule has 0 aliphatic rings. The molecule has 3 aromatic rings. The summed E-state index contributed by atoms with van der Waals surface area (Å²) < 4.78 is 5.14. The Morgan fingerprint density at radius 1 is 1.19 bits per heavy atom. The number of hydrogen-bond acceptors (Lipinski definition) is 3. The Labute approximate surface area is 91.6 Å². The van der Waals surface area contributed by atoms with Crippen molar-refractivity contribution in [2.75, 3.05) is 0 Å². The maximum absolute atomic E-state index is 9.99. The average molecular weight is 214 g/mol. The summed E-state index contributed by atoms with van der Waals surface area (Å²) in [6.07, 6.45) is 0.684. The smallest absolute Gasteiger partial charge is 0.169 e. The van der Waals surface area contributed by atoms with Crippen LogP contribution in [-0.2, 0) is 0 Å². The normalized spacial score (nSPS) is 13.1. The first kappa shape index (κ1) is 9.18. The third-order valence-corrected chi connectivity index (χ3v) is 2.48. The lowest BCUT2D eigenvalue weighted by Gasteiger charge is -2.02. The molecule has 16 heavy (non-hydrogen) atoms. The van der Waals surface area contributed by atoms with Gasteiger partial charge < -0.3 is 14.5 Å². The lowest BCUT2D eigenvalue weighted by Crippen LogP contribution is -1.99. The minimum absolute atomic E-state index is 0.485. The molecule has 0 amide bonds. The van der Waals surface area contributed by atoms with Gasteiger partial charge >= 0.3 is 0 Å². The van der Waals surface area contributed by atoms with Crippen LogP contribution in [0.3, 0.4) is 0 Å². The molecule has 3 rings (SSSR count). The Morgan fingerprint density at radius 3 is 2.81 bits per heavy atom. The number of hydrogen-bond donors (Lipinski definition) is 2. The molecule has 2 heterocycles. The Bertz CT molecular complexity index is 565. The van der Waals surface area contributed by atoms with E-state index >= 15 is 0 Å². The number of aliphatic hydroxyl groups excluding tert-OH is 1. The van der Waals surface area contributed by atoms with Crippen LogP contribution in [-0.4, -0.2) is 15.1 Å². The van der Waals surface area contributed by atoms with Crippen LogP contribution in [0.4, 0.5) is 0 Å². The van der Waals surface area contributed by atoms with Crippen LogP contribution >= 0.6 is 0 Å². The fraction of sp³-hybridized carbons (Fsp3) is 0.0833. The standard InChI is InChI=1S/C12H10N2O2/c15-11(10-6-3-7-16-10)12-13-8-4-1-2-5-9(8)14-12/h1-7,11,15H,(H,13,14)/t11-/m1/s1. The van der Waals surface area contributed by atoms with E-state index in [1.54, 1.807) is 12.1 Å². The van der Waals surface area contributed by atoms with Gasteiger partial charge in [-0.3, -0.25) is 0 Å². The summed E-state index contributed by atoms with van der Waals surface area (Å²) in [5.41, 5.74) is 1.74. The molecule has 0 unspecified atom stereocenters. The monoisotopic (exact) mass is 214 g/mol. The maximum atomic E-state index is 9.99. The second kappa shape index (κ2) is 3.50. The van der Waals surface area contributed by atoms with Gasteiger partial charge in [-0.1, -0.05) is 12.1 Å². The molecule has 0 spiro atoms. The van der Waals surface area contributed by atoms with Crippen molar-refractivity contribution in [2.24, 2.45) is 0 Å². The van der Waals surface area contributed by atoms with Gasteiger partial charge in [-0.2, -0.15) is 0 Å². The van der Waals surface area contributed by atoms with Gasteiger partial charge in [-0.15, -0.1) is 0 Å². The Morgan fingerprint density at radius 2 is 2.06 bits per heavy atom. The summed E-state index contributed by atoms with van der Waals surface area (Å²) >= 11 is 0. The summed E-state index contributed by atoms with van der Waals surface area (Å²) in [5, 5.41) is 9.99. The topological polar surface area (TPSA) is 62.1 Å². The van der Waals surface area contributed by atoms with E-state index in [1.165, 1.54) is 6.26 Å². The fourth-order valence-corrected chi connectivity index (χ4v) is 1.68. The molecule has 80 valence electrons. The zero-order valence-corrected chi connectivity index (χ0v) is 8.42. The highest BCUT2D eigenvalue weighted by molar-refractivity contribution is 5.74. The summed E-state index contributed by atoms with van der Waals surface area (Å²) in [6.45, 7) is 0. The van der Waals surface area contributed by atoms with E-state index in [9.17, 15) is 5.11 Å². The van der Waals surface area contributed by atoms with Crippen LogP contribution in [0.25, 0.3) is 11.0 Å². The van der Waals surface area contributed by atoms with Gasteiger partial charge in [-0.25, -0.2) is 4.98 Å². The zero-order valence-electron chi connectivity index (χ0n) is 8.42. The Balaban J connectivity index is 2.06. The molecule has 2 aromatic heterocycles. The number of fused-ring (bicyclic) bond motifs is 1. The molecule has 0 fully saturated rings. The van der Waals surface area contributed by atoms with Gasteiger partial charge in [0.25, 0.3) is 0 Å². The highest BCUT2D eigenvalue weighted by Crippen LogP contribution is 2.22. The van der Waals surface area contributed by atoms with Crippen molar-refractivity contribution < 1.29 is 9.52 Å². The summed E-state index contributed by atoms with van der Waals surface area (Å²) in [6, 6.07) is 11.1. The lowest BCUT2D eigenvalue weighted by atomic mass is 10.2. The third-order valence-electron chi connectivity index (χ3n) is 2.48. The quantitative estimate of drug-likeness (QED) is 0.687. The first-order chi connectivity index (χ1) is 7.84. The number of furan rings is 1. The van der Waals surface area contributed by atoms with E-state index < -0.39 is 6.10 Å². The van der Waals surface area contributed by atoms with Crippen LogP contribution in [0, 0.1) is 0 Å². The minimum atomic E-state index is -0.845. The highest BCUT2D eigenvalue weighted by atomic mass is 16.4. The molecule has 4 nitrogen and oxygen atoms in total. The number of H-pyrrole nitrogens is 1. The molecule has 0 saturated carbocycles. The number of para-hydroxylation sites is 2. The van der Waals surface area contributed by atoms with Crippen LogP contribution in [0.2, 0.25) is 0 Å². The predicted octanol–water partition coefficient (Wildman–Crippen LogP) is 2.24. The van der Waals surface area contributed by atoms with Crippen molar-refractivity contribution in [3.8, 4) is 0 Å². The van der Waals surface area contributed by atoms with E-state index in [0.717, 1.165) is 11.0 Å². The second-order valence-electron chi connectivity index (χ2n) is 3.56. The molecular weight excluding hydrogens is 204 g/mol. The largest absolute Gasteiger partial charge is 0.466 e. The number of aromatic amines is 1. The van der Waals surface area contributed by atoms with E-state index in [1.807, 2.05) is 24.3 Å². The summed E-state index contributed by atoms with van der Waals surface area (Å²) in [7, 11) is 0. The van der Waals surface area contributed by atoms with E-state index in [4.69, 9.17) is 4.42 Å². The molecule has 1 atom stereocenters. The fourth-order valence-electron chi connectivity index (χ4n) is 1.68. The van der Waals surface area contributed by atoms with Gasteiger partial charge in [0.05, 0.1) is 17.3 Å². The number of benzene rings is 1. The van der Waals surface area contributed by atoms with Crippen LogP contribution in [0.15, 0.2) is 47.1 Å². The summed E-state index contributed by atoms with van der Waals surface area (Å²) in [4.78, 5) is 7.37. The van der Waals surface area contributed by atoms with Crippen molar-refractivity contribution >= 4 is 11.0 Å². The van der Waals surface area contributed by atoms with Crippen molar-refractivity contribution in [1.82, 2.24) is 9.97 Å². The van der Waals surface area contributed by atoms with Crippen molar-refractivity contribution in [1.29, 1.82) is 0 Å². The molecule has 0 aliphatic heterocycles.